The Morgan fingerprint density at radius 3 is 2.52 bits per heavy atom. The zero-order chi connectivity index (χ0) is 15.1. The van der Waals surface area contributed by atoms with Crippen LogP contribution >= 0.6 is 31.9 Å². The molecule has 0 amide bonds. The lowest BCUT2D eigenvalue weighted by Gasteiger charge is -2.10. The van der Waals surface area contributed by atoms with Gasteiger partial charge in [0.25, 0.3) is 0 Å². The first-order valence-corrected chi connectivity index (χ1v) is 8.96. The molecule has 0 unspecified atom stereocenters. The summed E-state index contributed by atoms with van der Waals surface area (Å²) in [5.74, 6) is -0.173. The van der Waals surface area contributed by atoms with Crippen LogP contribution in [0.3, 0.4) is 0 Å². The molecule has 0 N–H and O–H groups in total. The molecule has 0 radical (unpaired) electrons. The van der Waals surface area contributed by atoms with E-state index in [0.717, 1.165) is 21.8 Å². The Balaban J connectivity index is 1.88. The number of rotatable bonds is 7. The van der Waals surface area contributed by atoms with Crippen LogP contribution in [0.15, 0.2) is 42.7 Å². The second-order valence-electron chi connectivity index (χ2n) is 4.70. The smallest absolute Gasteiger partial charge is 0.307 e. The molecule has 0 spiro atoms. The van der Waals surface area contributed by atoms with E-state index in [1.165, 1.54) is 5.56 Å². The van der Waals surface area contributed by atoms with E-state index in [4.69, 9.17) is 4.74 Å². The summed E-state index contributed by atoms with van der Waals surface area (Å²) in [6.45, 7) is 0.977. The number of ether oxygens (including phenoxy) is 1. The minimum Gasteiger partial charge on any atom is -0.461 e. The number of hydrogen-bond donors (Lipinski definition) is 0. The van der Waals surface area contributed by atoms with E-state index in [1.54, 1.807) is 0 Å². The Kier molecular flexibility index (Phi) is 6.51. The first-order chi connectivity index (χ1) is 10.2. The van der Waals surface area contributed by atoms with Crippen LogP contribution in [0.5, 0.6) is 0 Å². The van der Waals surface area contributed by atoms with E-state index in [-0.39, 0.29) is 5.97 Å². The first-order valence-electron chi connectivity index (χ1n) is 6.72. The zero-order valence-electron chi connectivity index (χ0n) is 11.6. The zero-order valence-corrected chi connectivity index (χ0v) is 14.8. The molecular formula is C16H17Br2NO2. The molecule has 3 nitrogen and oxygen atoms in total. The largest absolute Gasteiger partial charge is 0.461 e. The van der Waals surface area contributed by atoms with Gasteiger partial charge in [-0.1, -0.05) is 50.1 Å². The van der Waals surface area contributed by atoms with Gasteiger partial charge in [-0.15, -0.1) is 0 Å². The number of aromatic nitrogens is 1. The summed E-state index contributed by atoms with van der Waals surface area (Å²) in [7, 11) is 0. The number of hydrogen-bond acceptors (Lipinski definition) is 2. The highest BCUT2D eigenvalue weighted by Crippen LogP contribution is 2.18. The molecule has 0 aliphatic carbocycles. The third kappa shape index (κ3) is 5.00. The van der Waals surface area contributed by atoms with E-state index >= 15 is 0 Å². The second-order valence-corrected chi connectivity index (χ2v) is 5.82. The van der Waals surface area contributed by atoms with Crippen molar-refractivity contribution >= 4 is 37.8 Å². The molecule has 0 atom stereocenters. The van der Waals surface area contributed by atoms with Crippen LogP contribution in [-0.4, -0.2) is 10.5 Å². The number of aryl methyl sites for hydroxylation is 1. The molecule has 0 bridgehead atoms. The predicted octanol–water partition coefficient (Wildman–Crippen LogP) is 4.41. The van der Waals surface area contributed by atoms with Gasteiger partial charge >= 0.3 is 5.97 Å². The van der Waals surface area contributed by atoms with Gasteiger partial charge in [0.2, 0.25) is 0 Å². The molecule has 5 heteroatoms. The molecule has 1 aromatic carbocycles. The number of nitrogens with zero attached hydrogens (tertiary/aromatic N) is 1. The van der Waals surface area contributed by atoms with Gasteiger partial charge in [-0.05, 0) is 28.8 Å². The number of halogens is 2. The van der Waals surface area contributed by atoms with E-state index in [2.05, 4.69) is 50.1 Å². The Hall–Kier alpha value is -1.07. The summed E-state index contributed by atoms with van der Waals surface area (Å²) < 4.78 is 7.35. The molecule has 21 heavy (non-hydrogen) atoms. The summed E-state index contributed by atoms with van der Waals surface area (Å²) >= 11 is 6.91. The third-order valence-corrected chi connectivity index (χ3v) is 4.45. The summed E-state index contributed by atoms with van der Waals surface area (Å²) in [5, 5.41) is 1.55. The second kappa shape index (κ2) is 8.39. The van der Waals surface area contributed by atoms with Crippen molar-refractivity contribution in [2.45, 2.75) is 30.2 Å². The van der Waals surface area contributed by atoms with Crippen LogP contribution in [0.25, 0.3) is 0 Å². The van der Waals surface area contributed by atoms with Crippen LogP contribution in [-0.2, 0) is 33.3 Å². The van der Waals surface area contributed by atoms with Crippen LogP contribution in [0.2, 0.25) is 0 Å². The van der Waals surface area contributed by atoms with Gasteiger partial charge in [0.05, 0.1) is 6.42 Å². The van der Waals surface area contributed by atoms with E-state index in [0.29, 0.717) is 19.6 Å². The quantitative estimate of drug-likeness (QED) is 0.496. The fourth-order valence-corrected chi connectivity index (χ4v) is 2.89. The van der Waals surface area contributed by atoms with Crippen LogP contribution in [0.4, 0.5) is 0 Å². The maximum atomic E-state index is 11.8. The standard InChI is InChI=1S/C16H17Br2NO2/c17-10-13-3-4-14(11-18)15(9-13)12-21-16(20)5-8-19-6-1-2-7-19/h1-4,6-7,9H,5,8,10-12H2. The van der Waals surface area contributed by atoms with E-state index < -0.39 is 0 Å². The Bertz CT molecular complexity index is 582. The van der Waals surface area contributed by atoms with E-state index in [1.807, 2.05) is 29.1 Å². The van der Waals surface area contributed by atoms with Crippen molar-refractivity contribution < 1.29 is 9.53 Å². The summed E-state index contributed by atoms with van der Waals surface area (Å²) in [4.78, 5) is 11.8. The number of esters is 1. The van der Waals surface area contributed by atoms with Crippen molar-refractivity contribution in [2.24, 2.45) is 0 Å². The lowest BCUT2D eigenvalue weighted by molar-refractivity contribution is -0.145. The molecule has 0 fully saturated rings. The monoisotopic (exact) mass is 413 g/mol. The molecule has 0 saturated heterocycles. The first kappa shape index (κ1) is 16.3. The van der Waals surface area contributed by atoms with Crippen LogP contribution in [0.1, 0.15) is 23.1 Å². The molecule has 0 aliphatic rings. The molecule has 112 valence electrons. The topological polar surface area (TPSA) is 31.2 Å². The average Bonchev–Trinajstić information content (AvgIpc) is 3.04. The molecule has 0 saturated carbocycles. The van der Waals surface area contributed by atoms with E-state index in [9.17, 15) is 4.79 Å². The fourth-order valence-electron chi connectivity index (χ4n) is 2.00. The van der Waals surface area contributed by atoms with Gasteiger partial charge in [0.1, 0.15) is 6.61 Å². The molecule has 1 heterocycles. The summed E-state index contributed by atoms with van der Waals surface area (Å²) in [5.41, 5.74) is 3.38. The van der Waals surface area contributed by atoms with Crippen molar-refractivity contribution in [3.8, 4) is 0 Å². The maximum absolute atomic E-state index is 11.8. The average molecular weight is 415 g/mol. The molecule has 1 aromatic heterocycles. The van der Waals surface area contributed by atoms with Gasteiger partial charge < -0.3 is 9.30 Å². The third-order valence-electron chi connectivity index (χ3n) is 3.20. The number of carbonyl (C=O) groups excluding carboxylic acids is 1. The van der Waals surface area contributed by atoms with Gasteiger partial charge in [-0.3, -0.25) is 4.79 Å². The minimum absolute atomic E-state index is 0.173. The van der Waals surface area contributed by atoms with Crippen LogP contribution in [0, 0.1) is 0 Å². The van der Waals surface area contributed by atoms with Gasteiger partial charge in [-0.2, -0.15) is 0 Å². The predicted molar refractivity (Wildman–Crippen MR) is 90.5 cm³/mol. The molecule has 0 aliphatic heterocycles. The molecular weight excluding hydrogens is 398 g/mol. The summed E-state index contributed by atoms with van der Waals surface area (Å²) in [6.07, 6.45) is 4.27. The Morgan fingerprint density at radius 2 is 1.86 bits per heavy atom. The molecule has 2 aromatic rings. The minimum atomic E-state index is -0.173. The Labute approximate surface area is 141 Å². The van der Waals surface area contributed by atoms with Gasteiger partial charge in [0.15, 0.2) is 0 Å². The number of carbonyl (C=O) groups is 1. The molecule has 2 rings (SSSR count). The fraction of sp³-hybridized carbons (Fsp3) is 0.312. The highest BCUT2D eigenvalue weighted by molar-refractivity contribution is 9.08. The van der Waals surface area contributed by atoms with Gasteiger partial charge in [-0.25, -0.2) is 0 Å². The van der Waals surface area contributed by atoms with Crippen molar-refractivity contribution in [3.63, 3.8) is 0 Å². The number of benzene rings is 1. The highest BCUT2D eigenvalue weighted by Gasteiger charge is 2.07. The SMILES string of the molecule is O=C(CCn1cccc1)OCc1cc(CBr)ccc1CBr. The van der Waals surface area contributed by atoms with Crippen LogP contribution < -0.4 is 0 Å². The number of alkyl halides is 2. The lowest BCUT2D eigenvalue weighted by atomic mass is 10.1. The maximum Gasteiger partial charge on any atom is 0.307 e. The summed E-state index contributed by atoms with van der Waals surface area (Å²) in [6, 6.07) is 10.1. The van der Waals surface area contributed by atoms with Crippen molar-refractivity contribution in [2.75, 3.05) is 0 Å². The lowest BCUT2D eigenvalue weighted by Crippen LogP contribution is -2.09. The van der Waals surface area contributed by atoms with Gasteiger partial charge in [0, 0.05) is 29.6 Å². The Morgan fingerprint density at radius 1 is 1.10 bits per heavy atom. The highest BCUT2D eigenvalue weighted by atomic mass is 79.9. The van der Waals surface area contributed by atoms with Crippen molar-refractivity contribution in [3.05, 3.63) is 59.4 Å². The normalized spacial score (nSPS) is 10.6. The van der Waals surface area contributed by atoms with Crippen molar-refractivity contribution in [1.82, 2.24) is 4.57 Å². The van der Waals surface area contributed by atoms with Crippen molar-refractivity contribution in [1.29, 1.82) is 0 Å².